The minimum atomic E-state index is -3.77. The number of hydrogen-bond donors (Lipinski definition) is 6. The van der Waals surface area contributed by atoms with Gasteiger partial charge in [0.25, 0.3) is 7.59 Å². The molecule has 1 heterocycles. The summed E-state index contributed by atoms with van der Waals surface area (Å²) in [4.78, 5) is 5.76. The van der Waals surface area contributed by atoms with E-state index in [1.54, 1.807) is 0 Å². The number of nitrogens with zero attached hydrogens (tertiary/aromatic N) is 2. The van der Waals surface area contributed by atoms with E-state index in [0.29, 0.717) is 0 Å². The summed E-state index contributed by atoms with van der Waals surface area (Å²) in [7, 11) is -7.50. The number of hydrogen-bond acceptors (Lipinski definition) is 4. The molecule has 1 rings (SSSR count). The van der Waals surface area contributed by atoms with Gasteiger partial charge in [-0.15, -0.1) is 25.3 Å². The zero-order valence-electron chi connectivity index (χ0n) is 7.96. The van der Waals surface area contributed by atoms with E-state index in [4.69, 9.17) is 16.5 Å². The van der Waals surface area contributed by atoms with E-state index in [1.165, 1.54) is 12.3 Å². The second kappa shape index (κ2) is 4.83. The Morgan fingerprint density at radius 2 is 2.00 bits per heavy atom. The zero-order valence-corrected chi connectivity index (χ0v) is 11.5. The topological polar surface area (TPSA) is 140 Å². The first-order valence-corrected chi connectivity index (χ1v) is 8.44. The van der Waals surface area contributed by atoms with Gasteiger partial charge in [-0.25, -0.2) is 4.99 Å². The largest absolute Gasteiger partial charge is 0.313 e. The summed E-state index contributed by atoms with van der Waals surface area (Å²) in [5.74, 6) is 0. The number of aliphatic imine (C=N–C) groups is 1. The van der Waals surface area contributed by atoms with Crippen LogP contribution in [0.1, 0.15) is 0 Å². The van der Waals surface area contributed by atoms with E-state index in [9.17, 15) is 9.13 Å². The molecule has 0 aliphatic carbocycles. The SMILES string of the molecule is NP(N)(=O)NP(N)(=O)N1C(S)=NC=CC1S. The van der Waals surface area contributed by atoms with Crippen LogP contribution in [0.4, 0.5) is 0 Å². The summed E-state index contributed by atoms with van der Waals surface area (Å²) < 4.78 is 24.2. The molecule has 2 unspecified atom stereocenters. The van der Waals surface area contributed by atoms with Gasteiger partial charge in [0.15, 0.2) is 5.17 Å². The highest BCUT2D eigenvalue weighted by Crippen LogP contribution is 2.47. The maximum Gasteiger partial charge on any atom is 0.313 e. The fourth-order valence-corrected chi connectivity index (χ4v) is 5.28. The lowest BCUT2D eigenvalue weighted by Gasteiger charge is -2.34. The predicted molar refractivity (Wildman–Crippen MR) is 71.1 cm³/mol. The molecule has 0 spiro atoms. The molecule has 0 fully saturated rings. The van der Waals surface area contributed by atoms with E-state index in [2.05, 4.69) is 30.2 Å². The Hall–Kier alpha value is 0.210. The third-order valence-corrected chi connectivity index (χ3v) is 6.07. The average Bonchev–Trinajstić information content (AvgIpc) is 1.97. The van der Waals surface area contributed by atoms with E-state index in [1.807, 2.05) is 4.86 Å². The molecule has 92 valence electrons. The fraction of sp³-hybridized carbons (Fsp3) is 0.250. The van der Waals surface area contributed by atoms with Crippen LogP contribution >= 0.6 is 40.4 Å². The highest BCUT2D eigenvalue weighted by molar-refractivity contribution is 7.97. The number of thiol groups is 2. The van der Waals surface area contributed by atoms with Gasteiger partial charge in [0.1, 0.15) is 5.37 Å². The summed E-state index contributed by atoms with van der Waals surface area (Å²) in [5, 5.41) is -0.561. The number of amidine groups is 1. The molecule has 0 saturated heterocycles. The predicted octanol–water partition coefficient (Wildman–Crippen LogP) is 0.0393. The summed E-state index contributed by atoms with van der Waals surface area (Å²) >= 11 is 8.08. The Kier molecular flexibility index (Phi) is 4.31. The molecular formula is C4H12N6O2P2S2. The van der Waals surface area contributed by atoms with Gasteiger partial charge in [-0.3, -0.25) is 30.3 Å². The molecule has 1 aliphatic heterocycles. The Balaban J connectivity index is 3.00. The van der Waals surface area contributed by atoms with Crippen molar-refractivity contribution < 1.29 is 9.13 Å². The monoisotopic (exact) mass is 302 g/mol. The molecule has 0 radical (unpaired) electrons. The number of nitrogens with one attached hydrogen (secondary N) is 1. The van der Waals surface area contributed by atoms with Crippen LogP contribution in [0.5, 0.6) is 0 Å². The van der Waals surface area contributed by atoms with Crippen molar-refractivity contribution in [2.24, 2.45) is 21.5 Å². The Bertz CT molecular complexity index is 432. The van der Waals surface area contributed by atoms with E-state index >= 15 is 0 Å². The molecule has 0 aromatic carbocycles. The molecule has 0 amide bonds. The molecule has 0 bridgehead atoms. The Morgan fingerprint density at radius 1 is 1.44 bits per heavy atom. The fourth-order valence-electron chi connectivity index (χ4n) is 1.03. The van der Waals surface area contributed by atoms with Gasteiger partial charge >= 0.3 is 7.59 Å². The molecule has 1 aliphatic rings. The smallest absolute Gasteiger partial charge is 0.271 e. The molecule has 7 N–H and O–H groups in total. The summed E-state index contributed by atoms with van der Waals surface area (Å²) in [5.41, 5.74) is 15.6. The van der Waals surface area contributed by atoms with Gasteiger partial charge in [-0.1, -0.05) is 0 Å². The van der Waals surface area contributed by atoms with Gasteiger partial charge in [-0.05, 0) is 6.08 Å². The Morgan fingerprint density at radius 3 is 2.44 bits per heavy atom. The van der Waals surface area contributed by atoms with Crippen molar-refractivity contribution in [1.29, 1.82) is 0 Å². The van der Waals surface area contributed by atoms with E-state index < -0.39 is 20.6 Å². The van der Waals surface area contributed by atoms with Gasteiger partial charge < -0.3 is 0 Å². The van der Waals surface area contributed by atoms with Crippen molar-refractivity contribution in [2.45, 2.75) is 5.37 Å². The maximum atomic E-state index is 12.1. The van der Waals surface area contributed by atoms with Gasteiger partial charge in [0.2, 0.25) is 0 Å². The third kappa shape index (κ3) is 3.61. The summed E-state index contributed by atoms with van der Waals surface area (Å²) in [6.07, 6.45) is 2.95. The van der Waals surface area contributed by atoms with Crippen molar-refractivity contribution in [1.82, 2.24) is 9.53 Å². The minimum Gasteiger partial charge on any atom is -0.271 e. The van der Waals surface area contributed by atoms with Crippen molar-refractivity contribution in [3.8, 4) is 0 Å². The standard InChI is InChI=1S/C4H12N6O2P2S2/c5-13(6,11)9-14(7,12)10-3(15)1-2-8-4(10)16/h1-3,15H,(H,8,16)(H7,5,6,7,9,11,12). The molecule has 8 nitrogen and oxygen atoms in total. The van der Waals surface area contributed by atoms with Gasteiger partial charge in [0.05, 0.1) is 0 Å². The normalized spacial score (nSPS) is 25.2. The van der Waals surface area contributed by atoms with Gasteiger partial charge in [-0.2, -0.15) is 4.86 Å². The average molecular weight is 302 g/mol. The maximum absolute atomic E-state index is 12.1. The highest BCUT2D eigenvalue weighted by atomic mass is 32.1. The van der Waals surface area contributed by atoms with Crippen molar-refractivity contribution >= 4 is 45.6 Å². The van der Waals surface area contributed by atoms with Crippen LogP contribution in [0.3, 0.4) is 0 Å². The summed E-state index contributed by atoms with van der Waals surface area (Å²) in [6, 6.07) is 0. The molecule has 16 heavy (non-hydrogen) atoms. The lowest BCUT2D eigenvalue weighted by atomic mass is 10.5. The molecule has 2 atom stereocenters. The second-order valence-corrected chi connectivity index (χ2v) is 7.79. The minimum absolute atomic E-state index is 0.0642. The quantitative estimate of drug-likeness (QED) is 0.319. The van der Waals surface area contributed by atoms with Gasteiger partial charge in [0, 0.05) is 6.20 Å². The highest BCUT2D eigenvalue weighted by Gasteiger charge is 2.36. The van der Waals surface area contributed by atoms with E-state index in [-0.39, 0.29) is 5.17 Å². The van der Waals surface area contributed by atoms with Crippen LogP contribution in [0.2, 0.25) is 0 Å². The van der Waals surface area contributed by atoms with Crippen LogP contribution in [-0.2, 0) is 9.13 Å². The first kappa shape index (κ1) is 14.3. The lowest BCUT2D eigenvalue weighted by molar-refractivity contribution is 0.518. The summed E-state index contributed by atoms with van der Waals surface area (Å²) in [6.45, 7) is 0. The van der Waals surface area contributed by atoms with Crippen LogP contribution in [0, 0.1) is 0 Å². The Labute approximate surface area is 104 Å². The van der Waals surface area contributed by atoms with E-state index in [0.717, 1.165) is 4.67 Å². The molecule has 0 saturated carbocycles. The second-order valence-electron chi connectivity index (χ2n) is 2.96. The third-order valence-electron chi connectivity index (χ3n) is 1.52. The van der Waals surface area contributed by atoms with Crippen molar-refractivity contribution in [3.63, 3.8) is 0 Å². The number of rotatable bonds is 3. The molecule has 0 aromatic rings. The zero-order chi connectivity index (χ0) is 12.6. The molecule has 12 heteroatoms. The number of nitrogens with two attached hydrogens (primary N) is 3. The molecule has 0 aromatic heterocycles. The van der Waals surface area contributed by atoms with Crippen LogP contribution in [-0.4, -0.2) is 15.2 Å². The van der Waals surface area contributed by atoms with Crippen LogP contribution in [0.15, 0.2) is 17.3 Å². The van der Waals surface area contributed by atoms with Crippen molar-refractivity contribution in [3.05, 3.63) is 12.3 Å². The van der Waals surface area contributed by atoms with Crippen LogP contribution < -0.4 is 21.4 Å². The lowest BCUT2D eigenvalue weighted by Crippen LogP contribution is -2.40. The van der Waals surface area contributed by atoms with Crippen molar-refractivity contribution in [2.75, 3.05) is 0 Å². The first-order valence-electron chi connectivity index (χ1n) is 3.90. The van der Waals surface area contributed by atoms with Crippen LogP contribution in [0.25, 0.3) is 0 Å². The molecular weight excluding hydrogens is 290 g/mol. The first-order chi connectivity index (χ1) is 7.13.